The summed E-state index contributed by atoms with van der Waals surface area (Å²) in [5, 5.41) is 3.05. The zero-order valence-corrected chi connectivity index (χ0v) is 15.3. The lowest BCUT2D eigenvalue weighted by Gasteiger charge is -2.40. The van der Waals surface area contributed by atoms with Gasteiger partial charge in [-0.2, -0.15) is 4.31 Å². The minimum atomic E-state index is -3.57. The number of ether oxygens (including phenoxy) is 1. The molecule has 1 unspecified atom stereocenters. The summed E-state index contributed by atoms with van der Waals surface area (Å²) in [6.07, 6.45) is 1.61. The summed E-state index contributed by atoms with van der Waals surface area (Å²) in [6, 6.07) is 6.83. The Morgan fingerprint density at radius 2 is 2.16 bits per heavy atom. The van der Waals surface area contributed by atoms with Crippen molar-refractivity contribution in [3.8, 4) is 0 Å². The van der Waals surface area contributed by atoms with E-state index in [0.29, 0.717) is 32.8 Å². The maximum atomic E-state index is 13.0. The van der Waals surface area contributed by atoms with E-state index in [1.165, 1.54) is 4.31 Å². The molecule has 0 aliphatic carbocycles. The number of amides is 1. The first-order valence-electron chi connectivity index (χ1n) is 8.60. The van der Waals surface area contributed by atoms with Gasteiger partial charge in [-0.3, -0.25) is 4.79 Å². The number of benzene rings is 1. The van der Waals surface area contributed by atoms with Crippen molar-refractivity contribution < 1.29 is 17.9 Å². The van der Waals surface area contributed by atoms with Gasteiger partial charge >= 0.3 is 0 Å². The number of rotatable bonds is 5. The molecule has 1 aromatic rings. The van der Waals surface area contributed by atoms with Gasteiger partial charge in [0, 0.05) is 39.3 Å². The minimum absolute atomic E-state index is 0.0414. The van der Waals surface area contributed by atoms with Gasteiger partial charge < -0.3 is 15.0 Å². The summed E-state index contributed by atoms with van der Waals surface area (Å²) >= 11 is 0. The predicted molar refractivity (Wildman–Crippen MR) is 93.5 cm³/mol. The van der Waals surface area contributed by atoms with Crippen molar-refractivity contribution >= 4 is 15.9 Å². The second kappa shape index (κ2) is 7.82. The molecule has 1 aromatic carbocycles. The molecule has 3 rings (SSSR count). The van der Waals surface area contributed by atoms with E-state index >= 15 is 0 Å². The first-order valence-corrected chi connectivity index (χ1v) is 10.0. The van der Waals surface area contributed by atoms with Crippen LogP contribution in [-0.2, 0) is 26.2 Å². The second-order valence-electron chi connectivity index (χ2n) is 6.50. The minimum Gasteiger partial charge on any atom is -0.380 e. The Balaban J connectivity index is 1.77. The van der Waals surface area contributed by atoms with E-state index < -0.39 is 10.0 Å². The quantitative estimate of drug-likeness (QED) is 0.816. The summed E-state index contributed by atoms with van der Waals surface area (Å²) < 4.78 is 32.7. The Morgan fingerprint density at radius 1 is 1.32 bits per heavy atom. The van der Waals surface area contributed by atoms with Crippen molar-refractivity contribution in [2.75, 3.05) is 39.8 Å². The molecular formula is C17H25N3O4S. The lowest BCUT2D eigenvalue weighted by atomic mass is 10.1. The topological polar surface area (TPSA) is 79.0 Å². The number of methoxy groups -OCH3 is 1. The first kappa shape index (κ1) is 18.3. The third-order valence-corrected chi connectivity index (χ3v) is 6.63. The van der Waals surface area contributed by atoms with Crippen LogP contribution in [-0.4, -0.2) is 69.4 Å². The molecule has 0 bridgehead atoms. The number of carbonyl (C=O) groups excluding carboxylic acids is 1. The van der Waals surface area contributed by atoms with E-state index in [1.54, 1.807) is 25.3 Å². The van der Waals surface area contributed by atoms with Crippen molar-refractivity contribution in [2.24, 2.45) is 0 Å². The average molecular weight is 367 g/mol. The smallest absolute Gasteiger partial charge is 0.243 e. The van der Waals surface area contributed by atoms with Crippen LogP contribution in [0.25, 0.3) is 0 Å². The molecule has 2 aliphatic rings. The third-order valence-electron chi connectivity index (χ3n) is 4.77. The zero-order valence-electron chi connectivity index (χ0n) is 14.5. The number of nitrogens with one attached hydrogen (secondary N) is 1. The molecule has 0 saturated carbocycles. The van der Waals surface area contributed by atoms with E-state index in [9.17, 15) is 13.2 Å². The second-order valence-corrected chi connectivity index (χ2v) is 8.44. The van der Waals surface area contributed by atoms with Crippen LogP contribution in [0.5, 0.6) is 0 Å². The van der Waals surface area contributed by atoms with Crippen LogP contribution in [0, 0.1) is 0 Å². The number of hydrogen-bond acceptors (Lipinski definition) is 5. The molecule has 0 spiro atoms. The highest BCUT2D eigenvalue weighted by atomic mass is 32.2. The van der Waals surface area contributed by atoms with Crippen LogP contribution in [0.15, 0.2) is 29.2 Å². The van der Waals surface area contributed by atoms with Crippen LogP contribution < -0.4 is 5.32 Å². The van der Waals surface area contributed by atoms with E-state index in [0.717, 1.165) is 24.9 Å². The van der Waals surface area contributed by atoms with Crippen LogP contribution in [0.4, 0.5) is 0 Å². The highest BCUT2D eigenvalue weighted by Crippen LogP contribution is 2.24. The molecule has 2 aliphatic heterocycles. The van der Waals surface area contributed by atoms with Crippen molar-refractivity contribution in [1.82, 2.24) is 14.5 Å². The van der Waals surface area contributed by atoms with E-state index in [1.807, 2.05) is 11.0 Å². The van der Waals surface area contributed by atoms with Crippen LogP contribution in [0.1, 0.15) is 18.4 Å². The standard InChI is InChI=1S/C17H25N3O4S/c1-24-13-14-4-2-6-16(10-14)25(22,23)19-8-3-5-15(12-19)20-9-7-18-11-17(20)21/h2,4,6,10,15,18H,3,5,7-9,11-13H2,1H3. The van der Waals surface area contributed by atoms with E-state index in [-0.39, 0.29) is 16.8 Å². The Bertz CT molecular complexity index is 722. The monoisotopic (exact) mass is 367 g/mol. The highest BCUT2D eigenvalue weighted by molar-refractivity contribution is 7.89. The largest absolute Gasteiger partial charge is 0.380 e. The molecule has 2 heterocycles. The Kier molecular flexibility index (Phi) is 5.73. The summed E-state index contributed by atoms with van der Waals surface area (Å²) in [5.41, 5.74) is 0.828. The van der Waals surface area contributed by atoms with Gasteiger partial charge in [0.1, 0.15) is 0 Å². The molecule has 138 valence electrons. The Morgan fingerprint density at radius 3 is 2.92 bits per heavy atom. The van der Waals surface area contributed by atoms with Gasteiger partial charge in [0.2, 0.25) is 15.9 Å². The average Bonchev–Trinajstić information content (AvgIpc) is 2.63. The van der Waals surface area contributed by atoms with Crippen molar-refractivity contribution in [2.45, 2.75) is 30.4 Å². The molecule has 7 nitrogen and oxygen atoms in total. The SMILES string of the molecule is COCc1cccc(S(=O)(=O)N2CCCC(N3CCNCC3=O)C2)c1. The number of piperazine rings is 1. The van der Waals surface area contributed by atoms with Gasteiger partial charge in [0.25, 0.3) is 0 Å². The van der Waals surface area contributed by atoms with Crippen molar-refractivity contribution in [3.05, 3.63) is 29.8 Å². The normalized spacial score (nSPS) is 23.0. The number of sulfonamides is 1. The summed E-state index contributed by atoms with van der Waals surface area (Å²) in [6.45, 7) is 2.97. The molecule has 0 aromatic heterocycles. The van der Waals surface area contributed by atoms with Gasteiger partial charge in [0.15, 0.2) is 0 Å². The van der Waals surface area contributed by atoms with Crippen LogP contribution in [0.2, 0.25) is 0 Å². The van der Waals surface area contributed by atoms with Crippen molar-refractivity contribution in [3.63, 3.8) is 0 Å². The highest BCUT2D eigenvalue weighted by Gasteiger charge is 2.35. The Labute approximate surface area is 149 Å². The maximum absolute atomic E-state index is 13.0. The van der Waals surface area contributed by atoms with Gasteiger partial charge in [-0.05, 0) is 30.5 Å². The molecule has 1 atom stereocenters. The van der Waals surface area contributed by atoms with Gasteiger partial charge in [-0.25, -0.2) is 8.42 Å². The fourth-order valence-corrected chi connectivity index (χ4v) is 5.10. The maximum Gasteiger partial charge on any atom is 0.243 e. The van der Waals surface area contributed by atoms with Gasteiger partial charge in [-0.1, -0.05) is 12.1 Å². The summed E-state index contributed by atoms with van der Waals surface area (Å²) in [4.78, 5) is 14.2. The van der Waals surface area contributed by atoms with Gasteiger partial charge in [0.05, 0.1) is 18.0 Å². The molecule has 2 saturated heterocycles. The summed E-state index contributed by atoms with van der Waals surface area (Å²) in [7, 11) is -1.98. The first-order chi connectivity index (χ1) is 12.0. The van der Waals surface area contributed by atoms with Crippen LogP contribution >= 0.6 is 0 Å². The number of nitrogens with zero attached hydrogens (tertiary/aromatic N) is 2. The van der Waals surface area contributed by atoms with E-state index in [4.69, 9.17) is 4.74 Å². The lowest BCUT2D eigenvalue weighted by molar-refractivity contribution is -0.135. The molecule has 0 radical (unpaired) electrons. The van der Waals surface area contributed by atoms with E-state index in [2.05, 4.69) is 5.32 Å². The number of hydrogen-bond donors (Lipinski definition) is 1. The molecule has 1 N–H and O–H groups in total. The fraction of sp³-hybridized carbons (Fsp3) is 0.588. The molecular weight excluding hydrogens is 342 g/mol. The fourth-order valence-electron chi connectivity index (χ4n) is 3.51. The van der Waals surface area contributed by atoms with Gasteiger partial charge in [-0.15, -0.1) is 0 Å². The molecule has 25 heavy (non-hydrogen) atoms. The van der Waals surface area contributed by atoms with Crippen molar-refractivity contribution in [1.29, 1.82) is 0 Å². The third kappa shape index (κ3) is 4.03. The predicted octanol–water partition coefficient (Wildman–Crippen LogP) is 0.418. The molecule has 8 heteroatoms. The molecule has 2 fully saturated rings. The Hall–Kier alpha value is -1.48. The number of carbonyl (C=O) groups is 1. The number of piperidine rings is 1. The lowest BCUT2D eigenvalue weighted by Crippen LogP contribution is -2.57. The zero-order chi connectivity index (χ0) is 17.9. The molecule has 1 amide bonds. The summed E-state index contributed by atoms with van der Waals surface area (Å²) in [5.74, 6) is 0.0533. The van der Waals surface area contributed by atoms with Crippen LogP contribution in [0.3, 0.4) is 0 Å².